The van der Waals surface area contributed by atoms with Gasteiger partial charge in [0, 0.05) is 41.1 Å². The van der Waals surface area contributed by atoms with Gasteiger partial charge in [0.05, 0.1) is 6.67 Å². The highest BCUT2D eigenvalue weighted by atomic mass is 32.2. The highest BCUT2D eigenvalue weighted by Crippen LogP contribution is 2.41. The van der Waals surface area contributed by atoms with E-state index in [1.54, 1.807) is 58.4 Å². The van der Waals surface area contributed by atoms with Crippen LogP contribution in [0, 0.1) is 30.1 Å². The van der Waals surface area contributed by atoms with E-state index in [0.717, 1.165) is 44.9 Å². The number of hydrogen-bond acceptors (Lipinski definition) is 5. The Bertz CT molecular complexity index is 1520. The zero-order valence-electron chi connectivity index (χ0n) is 28.1. The number of carbonyl (C=O) groups is 3. The van der Waals surface area contributed by atoms with E-state index in [4.69, 9.17) is 0 Å². The molecule has 3 N–H and O–H groups in total. The van der Waals surface area contributed by atoms with Gasteiger partial charge in [-0.05, 0) is 108 Å². The van der Waals surface area contributed by atoms with E-state index in [2.05, 4.69) is 15.0 Å². The minimum absolute atomic E-state index is 0.0438. The lowest BCUT2D eigenvalue weighted by Crippen LogP contribution is -2.49. The van der Waals surface area contributed by atoms with Crippen molar-refractivity contribution in [3.63, 3.8) is 0 Å². The van der Waals surface area contributed by atoms with Crippen molar-refractivity contribution in [1.29, 1.82) is 0 Å². The number of fused-ring (bicyclic) bond motifs is 1. The number of rotatable bonds is 11. The predicted molar refractivity (Wildman–Crippen MR) is 181 cm³/mol. The number of H-pyrrole nitrogens is 1. The van der Waals surface area contributed by atoms with Crippen molar-refractivity contribution >= 4 is 44.5 Å². The van der Waals surface area contributed by atoms with Crippen molar-refractivity contribution < 1.29 is 27.2 Å². The van der Waals surface area contributed by atoms with E-state index in [-0.39, 0.29) is 47.3 Å². The molecule has 47 heavy (non-hydrogen) atoms. The van der Waals surface area contributed by atoms with Crippen LogP contribution in [0.25, 0.3) is 10.9 Å². The van der Waals surface area contributed by atoms with Gasteiger partial charge in [0.1, 0.15) is 11.7 Å². The largest absolute Gasteiger partial charge is 0.350 e. The summed E-state index contributed by atoms with van der Waals surface area (Å²) in [7, 11) is -4.07. The van der Waals surface area contributed by atoms with Crippen molar-refractivity contribution in [2.45, 2.75) is 110 Å². The van der Waals surface area contributed by atoms with Crippen LogP contribution >= 0.6 is 0 Å². The molecule has 3 fully saturated rings. The molecular formula is C35H51FN5O5S. The first-order valence-corrected chi connectivity index (χ1v) is 18.8. The number of likely N-dealkylation sites (tertiary alicyclic amines) is 1. The van der Waals surface area contributed by atoms with Gasteiger partial charge in [-0.2, -0.15) is 12.7 Å². The lowest BCUT2D eigenvalue weighted by molar-refractivity contribution is -0.142. The third-order valence-electron chi connectivity index (χ3n) is 10.4. The van der Waals surface area contributed by atoms with Crippen LogP contribution in [0.4, 0.5) is 10.1 Å². The van der Waals surface area contributed by atoms with Crippen LogP contribution in [0.15, 0.2) is 24.3 Å². The highest BCUT2D eigenvalue weighted by molar-refractivity contribution is 7.87. The maximum absolute atomic E-state index is 14.1. The van der Waals surface area contributed by atoms with Gasteiger partial charge in [0.15, 0.2) is 0 Å². The second-order valence-corrected chi connectivity index (χ2v) is 15.8. The van der Waals surface area contributed by atoms with Crippen LogP contribution in [0.2, 0.25) is 0 Å². The molecule has 3 aliphatic rings. The van der Waals surface area contributed by atoms with Gasteiger partial charge in [-0.3, -0.25) is 18.8 Å². The minimum Gasteiger partial charge on any atom is -0.350 e. The molecule has 1 aromatic heterocycles. The maximum Gasteiger partial charge on any atom is 0.304 e. The lowest BCUT2D eigenvalue weighted by Gasteiger charge is -2.36. The molecule has 1 saturated heterocycles. The number of halogens is 1. The number of benzene rings is 1. The Morgan fingerprint density at radius 2 is 1.66 bits per heavy atom. The number of nitrogens with zero attached hydrogens (tertiary/aromatic N) is 2. The van der Waals surface area contributed by atoms with Crippen LogP contribution in [-0.2, 0) is 19.8 Å². The van der Waals surface area contributed by atoms with Crippen molar-refractivity contribution in [3.8, 4) is 0 Å². The number of nitrogens with one attached hydrogen (secondary N) is 3. The molecule has 2 saturated carbocycles. The summed E-state index contributed by atoms with van der Waals surface area (Å²) in [6.45, 7) is 7.13. The average Bonchev–Trinajstić information content (AvgIpc) is 3.66. The normalized spacial score (nSPS) is 24.4. The van der Waals surface area contributed by atoms with Crippen molar-refractivity contribution in [3.05, 3.63) is 36.4 Å². The maximum atomic E-state index is 14.1. The molecule has 12 heteroatoms. The highest BCUT2D eigenvalue weighted by Gasteiger charge is 2.46. The summed E-state index contributed by atoms with van der Waals surface area (Å²) in [5.41, 5.74) is 1.24. The molecule has 5 rings (SSSR count). The van der Waals surface area contributed by atoms with Crippen molar-refractivity contribution in [2.75, 3.05) is 18.5 Å². The Balaban J connectivity index is 1.32. The summed E-state index contributed by atoms with van der Waals surface area (Å²) < 4.78 is 42.2. The Kier molecular flexibility index (Phi) is 11.3. The first-order chi connectivity index (χ1) is 22.4. The molecule has 2 atom stereocenters. The van der Waals surface area contributed by atoms with Gasteiger partial charge in [-0.1, -0.05) is 32.1 Å². The zero-order chi connectivity index (χ0) is 33.9. The Morgan fingerprint density at radius 1 is 0.979 bits per heavy atom. The Labute approximate surface area is 278 Å². The summed E-state index contributed by atoms with van der Waals surface area (Å²) >= 11 is 0. The lowest BCUT2D eigenvalue weighted by atomic mass is 9.76. The fraction of sp³-hybridized carbons (Fsp3) is 0.657. The molecule has 1 radical (unpaired) electrons. The van der Waals surface area contributed by atoms with E-state index in [9.17, 15) is 27.2 Å². The number of anilines is 1. The second kappa shape index (κ2) is 15.1. The molecule has 0 unspecified atom stereocenters. The van der Waals surface area contributed by atoms with Gasteiger partial charge in [-0.15, -0.1) is 0 Å². The smallest absolute Gasteiger partial charge is 0.304 e. The number of hydrogen-bond donors (Lipinski definition) is 3. The monoisotopic (exact) mass is 672 g/mol. The van der Waals surface area contributed by atoms with Gasteiger partial charge in [0.2, 0.25) is 11.8 Å². The number of alkyl halides is 1. The molecular weight excluding hydrogens is 621 g/mol. The first-order valence-electron chi connectivity index (χ1n) is 17.4. The van der Waals surface area contributed by atoms with Crippen LogP contribution in [0.3, 0.4) is 0 Å². The van der Waals surface area contributed by atoms with E-state index in [1.165, 1.54) is 10.7 Å². The molecule has 1 aliphatic heterocycles. The van der Waals surface area contributed by atoms with Crippen molar-refractivity contribution in [1.82, 2.24) is 18.9 Å². The summed E-state index contributed by atoms with van der Waals surface area (Å²) in [6.07, 6.45) is 11.2. The van der Waals surface area contributed by atoms with Gasteiger partial charge in [-0.25, -0.2) is 4.72 Å². The van der Waals surface area contributed by atoms with Gasteiger partial charge < -0.3 is 15.2 Å². The van der Waals surface area contributed by atoms with E-state index in [0.29, 0.717) is 41.9 Å². The molecule has 2 aliphatic carbocycles. The third kappa shape index (κ3) is 8.01. The quantitative estimate of drug-likeness (QED) is 0.271. The van der Waals surface area contributed by atoms with E-state index >= 15 is 0 Å². The van der Waals surface area contributed by atoms with E-state index < -0.39 is 28.8 Å². The Morgan fingerprint density at radius 3 is 2.30 bits per heavy atom. The molecule has 3 amide bonds. The van der Waals surface area contributed by atoms with Crippen LogP contribution in [-0.4, -0.2) is 71.7 Å². The fourth-order valence-electron chi connectivity index (χ4n) is 8.34. The van der Waals surface area contributed by atoms with Gasteiger partial charge >= 0.3 is 10.2 Å². The molecule has 0 spiro atoms. The second-order valence-electron chi connectivity index (χ2n) is 14.3. The van der Waals surface area contributed by atoms with E-state index in [1.807, 2.05) is 4.90 Å². The fourth-order valence-corrected chi connectivity index (χ4v) is 9.90. The summed E-state index contributed by atoms with van der Waals surface area (Å²) in [5, 5.41) is 3.72. The first kappa shape index (κ1) is 35.3. The predicted octanol–water partition coefficient (Wildman–Crippen LogP) is 5.98. The van der Waals surface area contributed by atoms with Crippen LogP contribution in [0.5, 0.6) is 0 Å². The number of aromatic nitrogens is 1. The van der Waals surface area contributed by atoms with Crippen LogP contribution < -0.4 is 10.0 Å². The number of carbonyl (C=O) groups excluding carboxylic acids is 3. The van der Waals surface area contributed by atoms with Gasteiger partial charge in [0.25, 0.3) is 5.91 Å². The molecule has 1 aromatic carbocycles. The Hall–Kier alpha value is -2.99. The standard InChI is InChI=1S/C35H51FN5O5S/c1-22(2)41(23(3)4)47(45,46)39-33(42)31-21-27-20-28(14-15-30(27)38-31)37-34(43)32-29(25-8-6-5-7-9-25)17-19-40(32)35(44)26-12-10-24(11-13-26)16-18-36/h14-16,20-26,29,32,38H,5-13,17-19H2,1-4H3,(H,37,43)(H,39,42)/t24?,26?,29-,32-/m0/s1. The molecule has 2 aromatic rings. The summed E-state index contributed by atoms with van der Waals surface area (Å²) in [5.74, 6) is -0.359. The molecule has 10 nitrogen and oxygen atoms in total. The SMILES string of the molecule is CC(C)N(C(C)C)S(=O)(=O)NC(=O)c1cc2cc(NC(=O)[C@@H]3[C@H](C4CCCCC4)CCN3C(=O)C3CCC([CH]CF)CC3)ccc2[nH]1. The average molecular weight is 673 g/mol. The minimum atomic E-state index is -4.07. The number of amides is 3. The van der Waals surface area contributed by atoms with Crippen molar-refractivity contribution in [2.24, 2.45) is 23.7 Å². The van der Waals surface area contributed by atoms with Crippen LogP contribution in [0.1, 0.15) is 102 Å². The number of aromatic amines is 1. The molecule has 0 bridgehead atoms. The topological polar surface area (TPSA) is 132 Å². The zero-order valence-corrected chi connectivity index (χ0v) is 29.0. The molecule has 259 valence electrons. The molecule has 2 heterocycles. The third-order valence-corrected chi connectivity index (χ3v) is 12.3. The summed E-state index contributed by atoms with van der Waals surface area (Å²) in [4.78, 5) is 45.8. The summed E-state index contributed by atoms with van der Waals surface area (Å²) in [6, 6.07) is 5.58.